The number of hydrogen-bond acceptors (Lipinski definition) is 4. The van der Waals surface area contributed by atoms with E-state index in [4.69, 9.17) is 4.84 Å². The summed E-state index contributed by atoms with van der Waals surface area (Å²) in [5.41, 5.74) is 3.34. The number of nitrogens with one attached hydrogen (secondary N) is 1. The standard InChI is InChI=1S/C10H25N3O/c1-6-9-13(14-8-3)11-10(7-2)12(4)5/h10-11H,6-9H2,1-5H3. The average molecular weight is 203 g/mol. The molecule has 86 valence electrons. The molecule has 0 aromatic rings. The molecule has 14 heavy (non-hydrogen) atoms. The van der Waals surface area contributed by atoms with E-state index >= 15 is 0 Å². The van der Waals surface area contributed by atoms with Crippen LogP contribution in [0.1, 0.15) is 33.6 Å². The van der Waals surface area contributed by atoms with E-state index in [0.29, 0.717) is 12.8 Å². The molecule has 0 saturated carbocycles. The van der Waals surface area contributed by atoms with Gasteiger partial charge in [0.15, 0.2) is 0 Å². The molecular formula is C10H25N3O. The molecule has 1 N–H and O–H groups in total. The van der Waals surface area contributed by atoms with E-state index in [0.717, 1.165) is 19.4 Å². The van der Waals surface area contributed by atoms with Gasteiger partial charge in [-0.3, -0.25) is 9.74 Å². The lowest BCUT2D eigenvalue weighted by atomic mass is 10.3. The van der Waals surface area contributed by atoms with Gasteiger partial charge in [-0.05, 0) is 33.9 Å². The highest BCUT2D eigenvalue weighted by Gasteiger charge is 2.12. The Morgan fingerprint density at radius 2 is 1.86 bits per heavy atom. The highest BCUT2D eigenvalue weighted by atomic mass is 16.7. The molecule has 0 heterocycles. The van der Waals surface area contributed by atoms with E-state index in [1.54, 1.807) is 0 Å². The molecule has 0 aliphatic carbocycles. The van der Waals surface area contributed by atoms with Crippen molar-refractivity contribution in [3.63, 3.8) is 0 Å². The van der Waals surface area contributed by atoms with Crippen molar-refractivity contribution in [2.24, 2.45) is 0 Å². The van der Waals surface area contributed by atoms with Gasteiger partial charge in [0.2, 0.25) is 0 Å². The summed E-state index contributed by atoms with van der Waals surface area (Å²) in [4.78, 5) is 7.61. The first-order valence-electron chi connectivity index (χ1n) is 5.48. The molecule has 0 radical (unpaired) electrons. The lowest BCUT2D eigenvalue weighted by molar-refractivity contribution is -0.207. The molecule has 1 unspecified atom stereocenters. The summed E-state index contributed by atoms with van der Waals surface area (Å²) in [7, 11) is 4.13. The predicted octanol–water partition coefficient (Wildman–Crippen LogP) is 1.45. The Morgan fingerprint density at radius 3 is 2.21 bits per heavy atom. The Morgan fingerprint density at radius 1 is 1.21 bits per heavy atom. The van der Waals surface area contributed by atoms with Crippen LogP contribution in [0.3, 0.4) is 0 Å². The summed E-state index contributed by atoms with van der Waals surface area (Å²) >= 11 is 0. The van der Waals surface area contributed by atoms with Crippen molar-refractivity contribution >= 4 is 0 Å². The number of hydrogen-bond donors (Lipinski definition) is 1. The second-order valence-electron chi connectivity index (χ2n) is 3.54. The smallest absolute Gasteiger partial charge is 0.0745 e. The van der Waals surface area contributed by atoms with Crippen LogP contribution in [0.25, 0.3) is 0 Å². The van der Waals surface area contributed by atoms with Crippen molar-refractivity contribution < 1.29 is 4.84 Å². The zero-order valence-electron chi connectivity index (χ0n) is 10.2. The summed E-state index contributed by atoms with van der Waals surface area (Å²) in [5.74, 6) is 0. The average Bonchev–Trinajstić information content (AvgIpc) is 2.14. The van der Waals surface area contributed by atoms with E-state index < -0.39 is 0 Å². The molecule has 0 fully saturated rings. The van der Waals surface area contributed by atoms with Crippen molar-refractivity contribution in [1.82, 2.24) is 15.5 Å². The zero-order valence-corrected chi connectivity index (χ0v) is 10.2. The largest absolute Gasteiger partial charge is 0.293 e. The van der Waals surface area contributed by atoms with Gasteiger partial charge in [0, 0.05) is 6.54 Å². The molecule has 0 aliphatic rings. The maximum Gasteiger partial charge on any atom is 0.0745 e. The number of hydrazine groups is 1. The van der Waals surface area contributed by atoms with Gasteiger partial charge in [0.05, 0.1) is 12.8 Å². The Kier molecular flexibility index (Phi) is 8.08. The highest BCUT2D eigenvalue weighted by Crippen LogP contribution is 1.98. The first-order valence-corrected chi connectivity index (χ1v) is 5.48. The molecule has 0 aliphatic heterocycles. The van der Waals surface area contributed by atoms with E-state index in [1.807, 2.05) is 12.1 Å². The van der Waals surface area contributed by atoms with E-state index in [9.17, 15) is 0 Å². The van der Waals surface area contributed by atoms with Gasteiger partial charge >= 0.3 is 0 Å². The van der Waals surface area contributed by atoms with Crippen molar-refractivity contribution in [3.8, 4) is 0 Å². The summed E-state index contributed by atoms with van der Waals surface area (Å²) in [6.07, 6.45) is 2.48. The van der Waals surface area contributed by atoms with Crippen LogP contribution >= 0.6 is 0 Å². The Hall–Kier alpha value is -0.160. The lowest BCUT2D eigenvalue weighted by Crippen LogP contribution is -2.50. The molecule has 0 spiro atoms. The Labute approximate surface area is 88.1 Å². The second kappa shape index (κ2) is 8.17. The number of nitrogens with zero attached hydrogens (tertiary/aromatic N) is 2. The van der Waals surface area contributed by atoms with Gasteiger partial charge in [-0.25, -0.2) is 5.43 Å². The van der Waals surface area contributed by atoms with Crippen LogP contribution in [0.5, 0.6) is 0 Å². The quantitative estimate of drug-likeness (QED) is 0.477. The minimum absolute atomic E-state index is 0.341. The van der Waals surface area contributed by atoms with Crippen molar-refractivity contribution in [1.29, 1.82) is 0 Å². The minimum atomic E-state index is 0.341. The van der Waals surface area contributed by atoms with Crippen molar-refractivity contribution in [3.05, 3.63) is 0 Å². The van der Waals surface area contributed by atoms with Crippen LogP contribution in [-0.2, 0) is 4.84 Å². The SMILES string of the molecule is CCCN(NC(CC)N(C)C)OCC. The van der Waals surface area contributed by atoms with Crippen LogP contribution in [0.15, 0.2) is 0 Å². The third-order valence-corrected chi connectivity index (χ3v) is 2.01. The monoisotopic (exact) mass is 203 g/mol. The van der Waals surface area contributed by atoms with Crippen molar-refractivity contribution in [2.75, 3.05) is 27.2 Å². The van der Waals surface area contributed by atoms with Gasteiger partial charge in [-0.15, -0.1) is 5.17 Å². The summed E-state index contributed by atoms with van der Waals surface area (Å²) in [6, 6.07) is 0. The number of rotatable bonds is 8. The topological polar surface area (TPSA) is 27.7 Å². The molecule has 0 aromatic heterocycles. The van der Waals surface area contributed by atoms with Gasteiger partial charge in [-0.2, -0.15) is 0 Å². The molecule has 0 bridgehead atoms. The van der Waals surface area contributed by atoms with Gasteiger partial charge in [0.25, 0.3) is 0 Å². The predicted molar refractivity (Wildman–Crippen MR) is 59.5 cm³/mol. The molecule has 0 rings (SSSR count). The van der Waals surface area contributed by atoms with Gasteiger partial charge < -0.3 is 0 Å². The first kappa shape index (κ1) is 13.8. The Bertz CT molecular complexity index is 125. The maximum absolute atomic E-state index is 5.46. The van der Waals surface area contributed by atoms with E-state index in [1.165, 1.54) is 0 Å². The van der Waals surface area contributed by atoms with Crippen LogP contribution in [0.4, 0.5) is 0 Å². The fraction of sp³-hybridized carbons (Fsp3) is 1.00. The molecule has 1 atom stereocenters. The Balaban J connectivity index is 3.96. The fourth-order valence-electron chi connectivity index (χ4n) is 1.26. The van der Waals surface area contributed by atoms with E-state index in [-0.39, 0.29) is 0 Å². The highest BCUT2D eigenvalue weighted by molar-refractivity contribution is 4.57. The second-order valence-corrected chi connectivity index (χ2v) is 3.54. The summed E-state index contributed by atoms with van der Waals surface area (Å²) < 4.78 is 0. The van der Waals surface area contributed by atoms with Crippen LogP contribution in [-0.4, -0.2) is 43.5 Å². The summed E-state index contributed by atoms with van der Waals surface area (Å²) in [6.45, 7) is 7.92. The van der Waals surface area contributed by atoms with Gasteiger partial charge in [0.1, 0.15) is 0 Å². The van der Waals surface area contributed by atoms with E-state index in [2.05, 4.69) is 38.3 Å². The normalized spacial score (nSPS) is 13.9. The first-order chi connectivity index (χ1) is 6.65. The maximum atomic E-state index is 5.46. The molecule has 4 heteroatoms. The van der Waals surface area contributed by atoms with Crippen LogP contribution < -0.4 is 5.43 Å². The number of hydroxylamine groups is 1. The fourth-order valence-corrected chi connectivity index (χ4v) is 1.26. The molecule has 4 nitrogen and oxygen atoms in total. The minimum Gasteiger partial charge on any atom is -0.293 e. The van der Waals surface area contributed by atoms with Crippen LogP contribution in [0.2, 0.25) is 0 Å². The van der Waals surface area contributed by atoms with Gasteiger partial charge in [-0.1, -0.05) is 13.8 Å². The van der Waals surface area contributed by atoms with Crippen molar-refractivity contribution in [2.45, 2.75) is 39.8 Å². The zero-order chi connectivity index (χ0) is 11.0. The molecule has 0 aromatic carbocycles. The van der Waals surface area contributed by atoms with Crippen LogP contribution in [0, 0.1) is 0 Å². The lowest BCUT2D eigenvalue weighted by Gasteiger charge is -2.30. The summed E-state index contributed by atoms with van der Waals surface area (Å²) in [5, 5.41) is 1.84. The third-order valence-electron chi connectivity index (χ3n) is 2.01. The molecular weight excluding hydrogens is 178 g/mol. The third kappa shape index (κ3) is 5.54. The molecule has 0 amide bonds. The molecule has 0 saturated heterocycles.